The molecule has 1 aliphatic rings. The zero-order valence-corrected chi connectivity index (χ0v) is 18.1. The summed E-state index contributed by atoms with van der Waals surface area (Å²) < 4.78 is 16.1. The predicted molar refractivity (Wildman–Crippen MR) is 122 cm³/mol. The fraction of sp³-hybridized carbons (Fsp3) is 0.185. The van der Waals surface area contributed by atoms with Crippen LogP contribution in [0.2, 0.25) is 0 Å². The minimum atomic E-state index is -0.371. The Kier molecular flexibility index (Phi) is 6.36. The van der Waals surface area contributed by atoms with Crippen molar-refractivity contribution in [2.45, 2.75) is 19.4 Å². The van der Waals surface area contributed by atoms with Crippen molar-refractivity contribution in [3.05, 3.63) is 100 Å². The van der Waals surface area contributed by atoms with Crippen LogP contribution in [0.4, 0.5) is 0 Å². The highest BCUT2D eigenvalue weighted by Gasteiger charge is 2.21. The van der Waals surface area contributed by atoms with Crippen molar-refractivity contribution in [1.29, 1.82) is 0 Å². The molecule has 5 heteroatoms. The number of benzene rings is 3. The van der Waals surface area contributed by atoms with Gasteiger partial charge in [0.05, 0.1) is 19.8 Å². The Hall–Kier alpha value is -3.86. The third kappa shape index (κ3) is 4.57. The molecule has 0 unspecified atom stereocenters. The lowest BCUT2D eigenvalue weighted by Crippen LogP contribution is -2.13. The molecule has 0 saturated heterocycles. The fourth-order valence-corrected chi connectivity index (χ4v) is 3.76. The molecule has 3 aromatic rings. The number of hydrogen-bond acceptors (Lipinski definition) is 5. The normalized spacial score (nSPS) is 14.1. The van der Waals surface area contributed by atoms with E-state index < -0.39 is 0 Å². The minimum Gasteiger partial charge on any atom is -0.493 e. The van der Waals surface area contributed by atoms with Gasteiger partial charge in [-0.2, -0.15) is 0 Å². The topological polar surface area (TPSA) is 61.8 Å². The maximum atomic E-state index is 12.8. The first-order valence-electron chi connectivity index (χ1n) is 10.4. The molecule has 0 aromatic heterocycles. The van der Waals surface area contributed by atoms with E-state index in [1.807, 2.05) is 60.7 Å². The molecule has 0 bridgehead atoms. The number of allylic oxidation sites excluding steroid dienone is 1. The van der Waals surface area contributed by atoms with Gasteiger partial charge in [-0.15, -0.1) is 0 Å². The van der Waals surface area contributed by atoms with E-state index in [1.54, 1.807) is 19.2 Å². The molecule has 32 heavy (non-hydrogen) atoms. The van der Waals surface area contributed by atoms with Crippen LogP contribution in [0.15, 0.2) is 72.3 Å². The maximum absolute atomic E-state index is 12.8. The molecular formula is C27H24O5. The number of ether oxygens (including phenoxy) is 3. The molecule has 0 atom stereocenters. The second-order valence-electron chi connectivity index (χ2n) is 7.54. The number of Topliss-reactive ketones (excluding diaryl/α,β-unsaturated/α-hetero) is 1. The molecule has 0 amide bonds. The lowest BCUT2D eigenvalue weighted by Gasteiger charge is -2.17. The van der Waals surface area contributed by atoms with Gasteiger partial charge in [0.1, 0.15) is 6.61 Å². The quantitative estimate of drug-likeness (QED) is 0.395. The molecule has 0 aliphatic heterocycles. The zero-order valence-electron chi connectivity index (χ0n) is 18.1. The second-order valence-corrected chi connectivity index (χ2v) is 7.54. The molecule has 162 valence electrons. The summed E-state index contributed by atoms with van der Waals surface area (Å²) in [6.07, 6.45) is 3.51. The summed E-state index contributed by atoms with van der Waals surface area (Å²) in [5.41, 5.74) is 4.98. The van der Waals surface area contributed by atoms with Crippen LogP contribution in [0.1, 0.15) is 43.8 Å². The highest BCUT2D eigenvalue weighted by atomic mass is 16.5. The van der Waals surface area contributed by atoms with Crippen LogP contribution < -0.4 is 9.47 Å². The number of methoxy groups -OCH3 is 2. The van der Waals surface area contributed by atoms with Crippen LogP contribution >= 0.6 is 0 Å². The van der Waals surface area contributed by atoms with Crippen molar-refractivity contribution >= 4 is 17.8 Å². The van der Waals surface area contributed by atoms with Gasteiger partial charge in [0.25, 0.3) is 0 Å². The number of esters is 1. The van der Waals surface area contributed by atoms with E-state index >= 15 is 0 Å². The Labute approximate surface area is 187 Å². The van der Waals surface area contributed by atoms with Gasteiger partial charge in [-0.05, 0) is 59.9 Å². The van der Waals surface area contributed by atoms with E-state index in [0.29, 0.717) is 23.7 Å². The molecule has 0 heterocycles. The lowest BCUT2D eigenvalue weighted by atomic mass is 9.86. The summed E-state index contributed by atoms with van der Waals surface area (Å²) in [5, 5.41) is 0. The summed E-state index contributed by atoms with van der Waals surface area (Å²) in [6.45, 7) is 0.327. The van der Waals surface area contributed by atoms with Gasteiger partial charge >= 0.3 is 5.97 Å². The van der Waals surface area contributed by atoms with Gasteiger partial charge in [0.2, 0.25) is 0 Å². The number of rotatable bonds is 6. The van der Waals surface area contributed by atoms with Crippen LogP contribution in [-0.2, 0) is 17.8 Å². The number of ketones is 1. The smallest absolute Gasteiger partial charge is 0.337 e. The number of hydrogen-bond donors (Lipinski definition) is 0. The van der Waals surface area contributed by atoms with Crippen molar-refractivity contribution < 1.29 is 23.8 Å². The Morgan fingerprint density at radius 3 is 2.47 bits per heavy atom. The van der Waals surface area contributed by atoms with Crippen LogP contribution in [0.3, 0.4) is 0 Å². The summed E-state index contributed by atoms with van der Waals surface area (Å²) in [4.78, 5) is 24.4. The van der Waals surface area contributed by atoms with Crippen LogP contribution in [0, 0.1) is 0 Å². The first-order chi connectivity index (χ1) is 15.6. The van der Waals surface area contributed by atoms with Gasteiger partial charge in [-0.1, -0.05) is 42.5 Å². The molecule has 0 fully saturated rings. The number of carbonyl (C=O) groups is 2. The Bertz CT molecular complexity index is 1170. The molecule has 1 aliphatic carbocycles. The first-order valence-corrected chi connectivity index (χ1v) is 10.4. The van der Waals surface area contributed by atoms with Gasteiger partial charge in [-0.25, -0.2) is 4.79 Å². The average Bonchev–Trinajstić information content (AvgIpc) is 2.84. The predicted octanol–water partition coefficient (Wildman–Crippen LogP) is 5.27. The molecule has 0 saturated carbocycles. The molecule has 5 nitrogen and oxygen atoms in total. The SMILES string of the molecule is COC(=O)c1ccc(COc2ccc(/C=C3\CCc4ccccc4C3=O)cc2OC)cc1. The molecule has 4 rings (SSSR count). The third-order valence-corrected chi connectivity index (χ3v) is 5.52. The van der Waals surface area contributed by atoms with E-state index in [4.69, 9.17) is 14.2 Å². The molecule has 0 radical (unpaired) electrons. The van der Waals surface area contributed by atoms with Crippen molar-refractivity contribution in [2.24, 2.45) is 0 Å². The Balaban J connectivity index is 1.48. The van der Waals surface area contributed by atoms with Gasteiger partial charge in [0.15, 0.2) is 17.3 Å². The van der Waals surface area contributed by atoms with Gasteiger partial charge in [0, 0.05) is 11.1 Å². The van der Waals surface area contributed by atoms with Gasteiger partial charge < -0.3 is 14.2 Å². The van der Waals surface area contributed by atoms with Gasteiger partial charge in [-0.3, -0.25) is 4.79 Å². The summed E-state index contributed by atoms with van der Waals surface area (Å²) in [7, 11) is 2.95. The number of carbonyl (C=O) groups excluding carboxylic acids is 2. The standard InChI is InChI=1S/C27H24O5/c1-30-25-16-19(15-22-13-12-20-5-3-4-6-23(20)26(22)28)9-14-24(25)32-17-18-7-10-21(11-8-18)27(29)31-2/h3-11,14-16H,12-13,17H2,1-2H3/b22-15+. The molecule has 0 spiro atoms. The van der Waals surface area contributed by atoms with Crippen molar-refractivity contribution in [3.8, 4) is 11.5 Å². The Morgan fingerprint density at radius 1 is 0.938 bits per heavy atom. The average molecular weight is 428 g/mol. The first kappa shape index (κ1) is 21.4. The number of aryl methyl sites for hydroxylation is 1. The summed E-state index contributed by atoms with van der Waals surface area (Å²) in [6, 6.07) is 20.5. The summed E-state index contributed by atoms with van der Waals surface area (Å²) in [5.74, 6) is 0.909. The van der Waals surface area contributed by atoms with Crippen LogP contribution in [0.5, 0.6) is 11.5 Å². The van der Waals surface area contributed by atoms with E-state index in [1.165, 1.54) is 7.11 Å². The third-order valence-electron chi connectivity index (χ3n) is 5.52. The monoisotopic (exact) mass is 428 g/mol. The lowest BCUT2D eigenvalue weighted by molar-refractivity contribution is 0.0600. The Morgan fingerprint density at radius 2 is 1.72 bits per heavy atom. The van der Waals surface area contributed by atoms with E-state index in [9.17, 15) is 9.59 Å². The van der Waals surface area contributed by atoms with Crippen LogP contribution in [-0.4, -0.2) is 26.0 Å². The maximum Gasteiger partial charge on any atom is 0.337 e. The molecule has 3 aromatic carbocycles. The molecular weight excluding hydrogens is 404 g/mol. The van der Waals surface area contributed by atoms with Crippen molar-refractivity contribution in [3.63, 3.8) is 0 Å². The highest BCUT2D eigenvalue weighted by molar-refractivity contribution is 6.13. The van der Waals surface area contributed by atoms with Crippen molar-refractivity contribution in [2.75, 3.05) is 14.2 Å². The van der Waals surface area contributed by atoms with E-state index in [-0.39, 0.29) is 11.8 Å². The second kappa shape index (κ2) is 9.52. The van der Waals surface area contributed by atoms with Crippen LogP contribution in [0.25, 0.3) is 6.08 Å². The highest BCUT2D eigenvalue weighted by Crippen LogP contribution is 2.32. The summed E-state index contributed by atoms with van der Waals surface area (Å²) >= 11 is 0. The number of fused-ring (bicyclic) bond motifs is 1. The zero-order chi connectivity index (χ0) is 22.5. The molecule has 0 N–H and O–H groups in total. The largest absolute Gasteiger partial charge is 0.493 e. The van der Waals surface area contributed by atoms with E-state index in [2.05, 4.69) is 0 Å². The minimum absolute atomic E-state index is 0.0848. The van der Waals surface area contributed by atoms with E-state index in [0.717, 1.165) is 40.7 Å². The van der Waals surface area contributed by atoms with Crippen molar-refractivity contribution in [1.82, 2.24) is 0 Å². The fourth-order valence-electron chi connectivity index (χ4n) is 3.76.